The van der Waals surface area contributed by atoms with Crippen molar-refractivity contribution < 1.29 is 4.74 Å². The van der Waals surface area contributed by atoms with Gasteiger partial charge < -0.3 is 4.74 Å². The first-order chi connectivity index (χ1) is 8.22. The Morgan fingerprint density at radius 3 is 2.35 bits per heavy atom. The Morgan fingerprint density at radius 1 is 1.29 bits per heavy atom. The van der Waals surface area contributed by atoms with E-state index in [2.05, 4.69) is 38.1 Å². The lowest BCUT2D eigenvalue weighted by Gasteiger charge is -2.42. The Morgan fingerprint density at radius 2 is 1.94 bits per heavy atom. The molecular formula is C15H21ClO. The van der Waals surface area contributed by atoms with Gasteiger partial charge in [0.15, 0.2) is 0 Å². The Kier molecular flexibility index (Phi) is 4.11. The van der Waals surface area contributed by atoms with E-state index in [0.717, 1.165) is 19.6 Å². The molecule has 0 N–H and O–H groups in total. The first-order valence-corrected chi connectivity index (χ1v) is 6.99. The van der Waals surface area contributed by atoms with Crippen molar-refractivity contribution in [3.8, 4) is 0 Å². The molecule has 0 saturated carbocycles. The molecule has 1 unspecified atom stereocenters. The van der Waals surface area contributed by atoms with E-state index in [0.29, 0.717) is 11.8 Å². The smallest absolute Gasteiger partial charge is 0.0586 e. The summed E-state index contributed by atoms with van der Waals surface area (Å²) in [5, 5.41) is 0. The zero-order valence-electron chi connectivity index (χ0n) is 10.7. The number of hydrogen-bond donors (Lipinski definition) is 0. The molecule has 2 heteroatoms. The van der Waals surface area contributed by atoms with Gasteiger partial charge in [0.1, 0.15) is 0 Å². The highest BCUT2D eigenvalue weighted by atomic mass is 35.5. The fraction of sp³-hybridized carbons (Fsp3) is 0.600. The molecule has 1 aliphatic heterocycles. The quantitative estimate of drug-likeness (QED) is 0.717. The molecule has 0 aromatic heterocycles. The van der Waals surface area contributed by atoms with E-state index in [-0.39, 0.29) is 5.41 Å². The zero-order chi connectivity index (χ0) is 12.3. The van der Waals surface area contributed by atoms with Gasteiger partial charge in [-0.3, -0.25) is 0 Å². The minimum Gasteiger partial charge on any atom is -0.379 e. The van der Waals surface area contributed by atoms with Gasteiger partial charge in [0.2, 0.25) is 0 Å². The molecule has 1 fully saturated rings. The van der Waals surface area contributed by atoms with E-state index in [4.69, 9.17) is 16.3 Å². The minimum atomic E-state index is 0.190. The molecule has 1 heterocycles. The van der Waals surface area contributed by atoms with Gasteiger partial charge in [-0.1, -0.05) is 38.1 Å². The predicted octanol–water partition coefficient (Wildman–Crippen LogP) is 4.10. The van der Waals surface area contributed by atoms with Gasteiger partial charge in [-0.25, -0.2) is 0 Å². The van der Waals surface area contributed by atoms with Gasteiger partial charge >= 0.3 is 0 Å². The van der Waals surface area contributed by atoms with Crippen LogP contribution in [0, 0.1) is 0 Å². The van der Waals surface area contributed by atoms with Gasteiger partial charge in [-0.2, -0.15) is 0 Å². The van der Waals surface area contributed by atoms with E-state index < -0.39 is 0 Å². The molecule has 1 atom stereocenters. The molecule has 0 bridgehead atoms. The van der Waals surface area contributed by atoms with Gasteiger partial charge in [0.05, 0.1) is 13.2 Å². The molecule has 1 nitrogen and oxygen atoms in total. The Bertz CT molecular complexity index is 354. The third-order valence-electron chi connectivity index (χ3n) is 4.03. The highest BCUT2D eigenvalue weighted by Gasteiger charge is 2.39. The summed E-state index contributed by atoms with van der Waals surface area (Å²) in [6.07, 6.45) is 2.20. The van der Waals surface area contributed by atoms with Crippen molar-refractivity contribution in [1.29, 1.82) is 0 Å². The first-order valence-electron chi connectivity index (χ1n) is 6.46. The molecule has 0 radical (unpaired) electrons. The second-order valence-electron chi connectivity index (χ2n) is 5.14. The first kappa shape index (κ1) is 12.9. The molecule has 1 aliphatic rings. The van der Waals surface area contributed by atoms with Crippen LogP contribution in [0.2, 0.25) is 0 Å². The Labute approximate surface area is 109 Å². The number of alkyl halides is 1. The van der Waals surface area contributed by atoms with Crippen molar-refractivity contribution in [3.63, 3.8) is 0 Å². The highest BCUT2D eigenvalue weighted by molar-refractivity contribution is 6.17. The van der Waals surface area contributed by atoms with E-state index in [1.54, 1.807) is 0 Å². The minimum absolute atomic E-state index is 0.190. The average Bonchev–Trinajstić information content (AvgIpc) is 2.33. The lowest BCUT2D eigenvalue weighted by molar-refractivity contribution is -0.0615. The third-order valence-corrected chi connectivity index (χ3v) is 4.22. The van der Waals surface area contributed by atoms with Crippen molar-refractivity contribution in [3.05, 3.63) is 35.4 Å². The van der Waals surface area contributed by atoms with Crippen LogP contribution in [0.1, 0.15) is 43.7 Å². The standard InChI is InChI=1S/C15H21ClO/c1-3-12(2)13-4-6-14(7-5-13)15(8-9-16)10-17-11-15/h4-7,12H,3,8-11H2,1-2H3. The van der Waals surface area contributed by atoms with Crippen LogP contribution < -0.4 is 0 Å². The number of halogens is 1. The van der Waals surface area contributed by atoms with Crippen LogP contribution >= 0.6 is 11.6 Å². The summed E-state index contributed by atoms with van der Waals surface area (Å²) in [5.41, 5.74) is 3.00. The van der Waals surface area contributed by atoms with Crippen molar-refractivity contribution >= 4 is 11.6 Å². The summed E-state index contributed by atoms with van der Waals surface area (Å²) in [4.78, 5) is 0. The maximum Gasteiger partial charge on any atom is 0.0586 e. The van der Waals surface area contributed by atoms with E-state index in [1.807, 2.05) is 0 Å². The van der Waals surface area contributed by atoms with Gasteiger partial charge in [-0.15, -0.1) is 11.6 Å². The lowest BCUT2D eigenvalue weighted by atomic mass is 9.76. The van der Waals surface area contributed by atoms with Crippen LogP contribution in [0.25, 0.3) is 0 Å². The maximum atomic E-state index is 5.90. The summed E-state index contributed by atoms with van der Waals surface area (Å²) in [6, 6.07) is 9.04. The van der Waals surface area contributed by atoms with Crippen molar-refractivity contribution in [2.24, 2.45) is 0 Å². The topological polar surface area (TPSA) is 9.23 Å². The van der Waals surface area contributed by atoms with Gasteiger partial charge in [0, 0.05) is 11.3 Å². The number of ether oxygens (including phenoxy) is 1. The van der Waals surface area contributed by atoms with Crippen molar-refractivity contribution in [2.45, 2.75) is 38.0 Å². The summed E-state index contributed by atoms with van der Waals surface area (Å²) in [6.45, 7) is 6.15. The van der Waals surface area contributed by atoms with E-state index in [1.165, 1.54) is 17.5 Å². The number of benzene rings is 1. The van der Waals surface area contributed by atoms with Gasteiger partial charge in [0.25, 0.3) is 0 Å². The molecule has 1 aromatic rings. The average molecular weight is 253 g/mol. The molecule has 17 heavy (non-hydrogen) atoms. The largest absolute Gasteiger partial charge is 0.379 e. The fourth-order valence-corrected chi connectivity index (χ4v) is 2.75. The lowest BCUT2D eigenvalue weighted by Crippen LogP contribution is -2.47. The Balaban J connectivity index is 2.16. The second-order valence-corrected chi connectivity index (χ2v) is 5.52. The highest BCUT2D eigenvalue weighted by Crippen LogP contribution is 2.36. The summed E-state index contributed by atoms with van der Waals surface area (Å²) in [5.74, 6) is 1.35. The maximum absolute atomic E-state index is 5.90. The molecule has 1 saturated heterocycles. The summed E-state index contributed by atoms with van der Waals surface area (Å²) in [7, 11) is 0. The fourth-order valence-electron chi connectivity index (χ4n) is 2.39. The zero-order valence-corrected chi connectivity index (χ0v) is 11.5. The SMILES string of the molecule is CCC(C)c1ccc(C2(CCCl)COC2)cc1. The normalized spacial score (nSPS) is 19.7. The number of rotatable bonds is 5. The van der Waals surface area contributed by atoms with Crippen LogP contribution in [-0.4, -0.2) is 19.1 Å². The molecule has 0 amide bonds. The molecule has 0 aliphatic carbocycles. The number of hydrogen-bond acceptors (Lipinski definition) is 1. The van der Waals surface area contributed by atoms with Crippen molar-refractivity contribution in [1.82, 2.24) is 0 Å². The van der Waals surface area contributed by atoms with Crippen LogP contribution in [0.5, 0.6) is 0 Å². The monoisotopic (exact) mass is 252 g/mol. The van der Waals surface area contributed by atoms with Crippen LogP contribution in [0.15, 0.2) is 24.3 Å². The van der Waals surface area contributed by atoms with Crippen LogP contribution in [0.4, 0.5) is 0 Å². The molecular weight excluding hydrogens is 232 g/mol. The van der Waals surface area contributed by atoms with Gasteiger partial charge in [-0.05, 0) is 29.9 Å². The van der Waals surface area contributed by atoms with E-state index in [9.17, 15) is 0 Å². The summed E-state index contributed by atoms with van der Waals surface area (Å²) >= 11 is 5.90. The van der Waals surface area contributed by atoms with Crippen molar-refractivity contribution in [2.75, 3.05) is 19.1 Å². The second kappa shape index (κ2) is 5.41. The molecule has 1 aromatic carbocycles. The molecule has 2 rings (SSSR count). The third kappa shape index (κ3) is 2.51. The predicted molar refractivity (Wildman–Crippen MR) is 73.0 cm³/mol. The summed E-state index contributed by atoms with van der Waals surface area (Å²) < 4.78 is 5.39. The Hall–Kier alpha value is -0.530. The molecule has 0 spiro atoms. The van der Waals surface area contributed by atoms with Crippen LogP contribution in [0.3, 0.4) is 0 Å². The van der Waals surface area contributed by atoms with Crippen LogP contribution in [-0.2, 0) is 10.2 Å². The van der Waals surface area contributed by atoms with E-state index >= 15 is 0 Å². The molecule has 94 valence electrons.